The minimum atomic E-state index is -0.163. The summed E-state index contributed by atoms with van der Waals surface area (Å²) in [6.07, 6.45) is 0.382. The maximum absolute atomic E-state index is 11.8. The first-order valence-corrected chi connectivity index (χ1v) is 5.78. The highest BCUT2D eigenvalue weighted by Gasteiger charge is 2.19. The smallest absolute Gasteiger partial charge is 0.226 e. The fourth-order valence-corrected chi connectivity index (χ4v) is 1.43. The maximum Gasteiger partial charge on any atom is 0.226 e. The lowest BCUT2D eigenvalue weighted by molar-refractivity contribution is -0.134. The molecule has 0 N–H and O–H groups in total. The fourth-order valence-electron chi connectivity index (χ4n) is 1.29. The van der Waals surface area contributed by atoms with Gasteiger partial charge in [-0.1, -0.05) is 20.8 Å². The van der Waals surface area contributed by atoms with Gasteiger partial charge in [-0.15, -0.1) is 11.6 Å². The van der Waals surface area contributed by atoms with E-state index in [1.165, 1.54) is 0 Å². The van der Waals surface area contributed by atoms with Gasteiger partial charge in [0, 0.05) is 24.9 Å². The zero-order chi connectivity index (χ0) is 11.8. The first-order chi connectivity index (χ1) is 7.02. The van der Waals surface area contributed by atoms with Gasteiger partial charge in [0.05, 0.1) is 12.5 Å². The molecule has 1 unspecified atom stereocenters. The summed E-state index contributed by atoms with van der Waals surface area (Å²) in [7, 11) is 0. The molecule has 4 heteroatoms. The molecule has 0 saturated heterocycles. The maximum atomic E-state index is 11.8. The molecule has 3 nitrogen and oxygen atoms in total. The Kier molecular flexibility index (Phi) is 7.15. The summed E-state index contributed by atoms with van der Waals surface area (Å²) in [4.78, 5) is 13.6. The van der Waals surface area contributed by atoms with E-state index in [1.807, 2.05) is 6.92 Å². The lowest BCUT2D eigenvalue weighted by Crippen LogP contribution is -2.38. The van der Waals surface area contributed by atoms with Crippen LogP contribution >= 0.6 is 11.6 Å². The Bertz CT molecular complexity index is 235. The van der Waals surface area contributed by atoms with Crippen LogP contribution in [0.1, 0.15) is 27.2 Å². The van der Waals surface area contributed by atoms with Crippen LogP contribution in [0, 0.1) is 23.2 Å². The van der Waals surface area contributed by atoms with E-state index < -0.39 is 0 Å². The molecule has 15 heavy (non-hydrogen) atoms. The molecule has 0 aliphatic carbocycles. The van der Waals surface area contributed by atoms with Gasteiger partial charge >= 0.3 is 0 Å². The Morgan fingerprint density at radius 3 is 2.47 bits per heavy atom. The number of carbonyl (C=O) groups excluding carboxylic acids is 1. The second kappa shape index (κ2) is 7.53. The largest absolute Gasteiger partial charge is 0.341 e. The van der Waals surface area contributed by atoms with Crippen molar-refractivity contribution in [1.82, 2.24) is 4.90 Å². The van der Waals surface area contributed by atoms with Crippen LogP contribution in [-0.4, -0.2) is 29.8 Å². The van der Waals surface area contributed by atoms with Gasteiger partial charge in [0.1, 0.15) is 0 Å². The number of alkyl halides is 1. The molecule has 0 heterocycles. The van der Waals surface area contributed by atoms with Gasteiger partial charge in [-0.3, -0.25) is 4.79 Å². The molecule has 0 aliphatic heterocycles. The number of nitriles is 1. The third-order valence-electron chi connectivity index (χ3n) is 2.04. The van der Waals surface area contributed by atoms with Crippen LogP contribution in [0.5, 0.6) is 0 Å². The highest BCUT2D eigenvalue weighted by Crippen LogP contribution is 2.08. The second-order valence-corrected chi connectivity index (χ2v) is 4.45. The van der Waals surface area contributed by atoms with Gasteiger partial charge in [-0.25, -0.2) is 0 Å². The summed E-state index contributed by atoms with van der Waals surface area (Å²) in [5, 5.41) is 8.51. The number of hydrogen-bond acceptors (Lipinski definition) is 2. The van der Waals surface area contributed by atoms with Crippen LogP contribution in [-0.2, 0) is 4.79 Å². The first-order valence-electron chi connectivity index (χ1n) is 5.24. The van der Waals surface area contributed by atoms with E-state index in [0.29, 0.717) is 31.3 Å². The topological polar surface area (TPSA) is 44.1 Å². The number of halogens is 1. The molecule has 0 aromatic carbocycles. The average molecular weight is 231 g/mol. The zero-order valence-electron chi connectivity index (χ0n) is 9.66. The molecular formula is C11H19ClN2O. The third kappa shape index (κ3) is 5.64. The van der Waals surface area contributed by atoms with Gasteiger partial charge in [-0.05, 0) is 5.92 Å². The average Bonchev–Trinajstić information content (AvgIpc) is 2.21. The van der Waals surface area contributed by atoms with Gasteiger partial charge in [0.2, 0.25) is 5.91 Å². The second-order valence-electron chi connectivity index (χ2n) is 4.14. The van der Waals surface area contributed by atoms with E-state index in [2.05, 4.69) is 19.9 Å². The fraction of sp³-hybridized carbons (Fsp3) is 0.818. The van der Waals surface area contributed by atoms with Crippen molar-refractivity contribution < 1.29 is 4.79 Å². The first kappa shape index (κ1) is 14.2. The lowest BCUT2D eigenvalue weighted by atomic mass is 10.1. The van der Waals surface area contributed by atoms with Gasteiger partial charge in [0.25, 0.3) is 0 Å². The molecule has 1 amide bonds. The Labute approximate surface area is 97.0 Å². The van der Waals surface area contributed by atoms with Gasteiger partial charge in [-0.2, -0.15) is 5.26 Å². The Morgan fingerprint density at radius 2 is 2.07 bits per heavy atom. The zero-order valence-corrected chi connectivity index (χ0v) is 10.4. The van der Waals surface area contributed by atoms with Crippen LogP contribution in [0.25, 0.3) is 0 Å². The lowest BCUT2D eigenvalue weighted by Gasteiger charge is -2.25. The number of rotatable bonds is 6. The molecular weight excluding hydrogens is 212 g/mol. The van der Waals surface area contributed by atoms with E-state index in [-0.39, 0.29) is 11.8 Å². The highest BCUT2D eigenvalue weighted by atomic mass is 35.5. The van der Waals surface area contributed by atoms with Crippen molar-refractivity contribution in [3.8, 4) is 6.07 Å². The highest BCUT2D eigenvalue weighted by molar-refractivity contribution is 6.19. The Balaban J connectivity index is 4.34. The van der Waals surface area contributed by atoms with Crippen LogP contribution in [0.15, 0.2) is 0 Å². The molecule has 0 saturated carbocycles. The van der Waals surface area contributed by atoms with Crippen LogP contribution < -0.4 is 0 Å². The summed E-state index contributed by atoms with van der Waals surface area (Å²) in [5.74, 6) is 0.633. The third-order valence-corrected chi connectivity index (χ3v) is 2.51. The molecule has 0 spiro atoms. The number of amides is 1. The quantitative estimate of drug-likeness (QED) is 0.657. The van der Waals surface area contributed by atoms with Gasteiger partial charge in [0.15, 0.2) is 0 Å². The predicted octanol–water partition coefficient (Wildman–Crippen LogP) is 2.26. The van der Waals surface area contributed by atoms with Crippen molar-refractivity contribution in [2.24, 2.45) is 11.8 Å². The Morgan fingerprint density at radius 1 is 1.47 bits per heavy atom. The van der Waals surface area contributed by atoms with Crippen molar-refractivity contribution in [3.63, 3.8) is 0 Å². The minimum absolute atomic E-state index is 0.0500. The molecule has 86 valence electrons. The predicted molar refractivity (Wildman–Crippen MR) is 61.5 cm³/mol. The number of nitrogens with zero attached hydrogens (tertiary/aromatic N) is 2. The summed E-state index contributed by atoms with van der Waals surface area (Å²) in [6.45, 7) is 7.13. The van der Waals surface area contributed by atoms with Crippen molar-refractivity contribution in [3.05, 3.63) is 0 Å². The van der Waals surface area contributed by atoms with Crippen molar-refractivity contribution in [2.45, 2.75) is 27.2 Å². The van der Waals surface area contributed by atoms with Crippen LogP contribution in [0.3, 0.4) is 0 Å². The summed E-state index contributed by atoms with van der Waals surface area (Å²) >= 11 is 5.65. The molecule has 0 aromatic rings. The van der Waals surface area contributed by atoms with Crippen LogP contribution in [0.2, 0.25) is 0 Å². The molecule has 0 rings (SSSR count). The molecule has 0 aromatic heterocycles. The van der Waals surface area contributed by atoms with Crippen molar-refractivity contribution in [1.29, 1.82) is 5.26 Å². The minimum Gasteiger partial charge on any atom is -0.341 e. The molecule has 0 aliphatic rings. The Hall–Kier alpha value is -0.750. The van der Waals surface area contributed by atoms with E-state index in [1.54, 1.807) is 4.90 Å². The number of hydrogen-bond donors (Lipinski definition) is 0. The summed E-state index contributed by atoms with van der Waals surface area (Å²) < 4.78 is 0. The molecule has 0 bridgehead atoms. The molecule has 0 radical (unpaired) electrons. The van der Waals surface area contributed by atoms with Gasteiger partial charge < -0.3 is 4.90 Å². The van der Waals surface area contributed by atoms with Crippen molar-refractivity contribution in [2.75, 3.05) is 19.0 Å². The van der Waals surface area contributed by atoms with E-state index in [9.17, 15) is 4.79 Å². The van der Waals surface area contributed by atoms with E-state index >= 15 is 0 Å². The normalized spacial score (nSPS) is 12.3. The summed E-state index contributed by atoms with van der Waals surface area (Å²) in [6, 6.07) is 2.06. The monoisotopic (exact) mass is 230 g/mol. The molecule has 0 fully saturated rings. The van der Waals surface area contributed by atoms with Crippen molar-refractivity contribution >= 4 is 17.5 Å². The summed E-state index contributed by atoms with van der Waals surface area (Å²) in [5.41, 5.74) is 0. The van der Waals surface area contributed by atoms with E-state index in [0.717, 1.165) is 0 Å². The number of carbonyl (C=O) groups is 1. The van der Waals surface area contributed by atoms with E-state index in [4.69, 9.17) is 16.9 Å². The standard InChI is InChI=1S/C11H19ClN2O/c1-9(2)8-14(6-4-5-13)11(15)10(3)7-12/h9-10H,4,6-8H2,1-3H3. The van der Waals surface area contributed by atoms with Crippen LogP contribution in [0.4, 0.5) is 0 Å². The SMILES string of the molecule is CC(C)CN(CCC#N)C(=O)C(C)CCl. The molecule has 1 atom stereocenters.